The predicted octanol–water partition coefficient (Wildman–Crippen LogP) is 3.79. The van der Waals surface area contributed by atoms with E-state index < -0.39 is 12.3 Å². The third-order valence-corrected chi connectivity index (χ3v) is 3.80. The van der Waals surface area contributed by atoms with Gasteiger partial charge < -0.3 is 19.5 Å². The maximum Gasteiger partial charge on any atom is 0.573 e. The molecular formula is C18H17F3N2O4. The second-order valence-electron chi connectivity index (χ2n) is 5.84. The van der Waals surface area contributed by atoms with E-state index in [4.69, 9.17) is 9.47 Å². The van der Waals surface area contributed by atoms with E-state index in [1.54, 1.807) is 12.1 Å². The molecule has 0 radical (unpaired) electrons. The van der Waals surface area contributed by atoms with Gasteiger partial charge in [0, 0.05) is 30.8 Å². The number of amides is 1. The number of hydrogen-bond donors (Lipinski definition) is 1. The van der Waals surface area contributed by atoms with Crippen LogP contribution in [0.1, 0.15) is 23.2 Å². The van der Waals surface area contributed by atoms with Crippen molar-refractivity contribution in [3.63, 3.8) is 0 Å². The molecule has 1 saturated heterocycles. The average molecular weight is 382 g/mol. The first-order valence-electron chi connectivity index (χ1n) is 8.27. The summed E-state index contributed by atoms with van der Waals surface area (Å²) in [5.74, 6) is -0.381. The molecule has 0 saturated carbocycles. The molecule has 1 aromatic heterocycles. The number of nitrogens with one attached hydrogen (secondary N) is 1. The van der Waals surface area contributed by atoms with E-state index in [9.17, 15) is 18.0 Å². The molecule has 0 aliphatic carbocycles. The maximum absolute atomic E-state index is 12.2. The average Bonchev–Trinajstić information content (AvgIpc) is 2.63. The number of anilines is 1. The Hall–Kier alpha value is -2.81. The van der Waals surface area contributed by atoms with Gasteiger partial charge in [0.1, 0.15) is 11.9 Å². The quantitative estimate of drug-likeness (QED) is 0.852. The summed E-state index contributed by atoms with van der Waals surface area (Å²) in [6.07, 6.45) is -1.75. The van der Waals surface area contributed by atoms with Crippen molar-refractivity contribution in [1.29, 1.82) is 0 Å². The molecular weight excluding hydrogens is 365 g/mol. The second-order valence-corrected chi connectivity index (χ2v) is 5.84. The van der Waals surface area contributed by atoms with Gasteiger partial charge in [0.05, 0.1) is 18.8 Å². The first kappa shape index (κ1) is 19.0. The number of carbonyl (C=O) groups is 1. The third-order valence-electron chi connectivity index (χ3n) is 3.80. The van der Waals surface area contributed by atoms with Crippen molar-refractivity contribution in [2.24, 2.45) is 0 Å². The van der Waals surface area contributed by atoms with Crippen molar-refractivity contribution in [2.45, 2.75) is 25.3 Å². The molecule has 1 aliphatic rings. The molecule has 0 atom stereocenters. The summed E-state index contributed by atoms with van der Waals surface area (Å²) >= 11 is 0. The molecule has 0 spiro atoms. The molecule has 27 heavy (non-hydrogen) atoms. The van der Waals surface area contributed by atoms with Crippen LogP contribution < -0.4 is 14.8 Å². The Morgan fingerprint density at radius 3 is 2.41 bits per heavy atom. The number of hydrogen-bond acceptors (Lipinski definition) is 5. The maximum atomic E-state index is 12.2. The number of ether oxygens (including phenoxy) is 3. The van der Waals surface area contributed by atoms with Gasteiger partial charge in [-0.2, -0.15) is 0 Å². The van der Waals surface area contributed by atoms with Crippen LogP contribution in [0.2, 0.25) is 0 Å². The van der Waals surface area contributed by atoms with Crippen LogP contribution in [-0.4, -0.2) is 36.6 Å². The highest BCUT2D eigenvalue weighted by Crippen LogP contribution is 2.24. The summed E-state index contributed by atoms with van der Waals surface area (Å²) in [5, 5.41) is 2.58. The van der Waals surface area contributed by atoms with E-state index >= 15 is 0 Å². The zero-order valence-electron chi connectivity index (χ0n) is 14.2. The predicted molar refractivity (Wildman–Crippen MR) is 89.8 cm³/mol. The molecule has 144 valence electrons. The fourth-order valence-electron chi connectivity index (χ4n) is 2.49. The highest BCUT2D eigenvalue weighted by molar-refractivity contribution is 6.04. The van der Waals surface area contributed by atoms with Crippen LogP contribution in [0, 0.1) is 0 Å². The van der Waals surface area contributed by atoms with E-state index in [1.165, 1.54) is 18.3 Å². The number of carbonyl (C=O) groups excluding carboxylic acids is 1. The number of halogens is 3. The Morgan fingerprint density at radius 1 is 1.11 bits per heavy atom. The van der Waals surface area contributed by atoms with Gasteiger partial charge >= 0.3 is 6.36 Å². The number of nitrogens with zero attached hydrogens (tertiary/aromatic N) is 1. The fraction of sp³-hybridized carbons (Fsp3) is 0.333. The van der Waals surface area contributed by atoms with Gasteiger partial charge in [-0.05, 0) is 30.3 Å². The topological polar surface area (TPSA) is 69.7 Å². The van der Waals surface area contributed by atoms with Crippen LogP contribution in [0.25, 0.3) is 0 Å². The van der Waals surface area contributed by atoms with Crippen molar-refractivity contribution in [2.75, 3.05) is 18.5 Å². The standard InChI is InChI=1S/C18H17F3N2O4/c19-18(20,21)27-15-4-2-13(3-5-15)23-17(24)12-1-6-16(22-11-12)26-14-7-9-25-10-8-14/h1-6,11,14H,7-10H2,(H,23,24). The molecule has 6 nitrogen and oxygen atoms in total. The minimum absolute atomic E-state index is 0.0448. The molecule has 0 bridgehead atoms. The summed E-state index contributed by atoms with van der Waals surface area (Å²) in [6, 6.07) is 8.03. The van der Waals surface area contributed by atoms with E-state index in [0.29, 0.717) is 30.3 Å². The molecule has 3 rings (SSSR count). The lowest BCUT2D eigenvalue weighted by Gasteiger charge is -2.22. The Kier molecular flexibility index (Phi) is 5.80. The molecule has 1 aliphatic heterocycles. The van der Waals surface area contributed by atoms with Crippen LogP contribution >= 0.6 is 0 Å². The van der Waals surface area contributed by atoms with Gasteiger partial charge in [-0.15, -0.1) is 13.2 Å². The zero-order valence-corrected chi connectivity index (χ0v) is 14.2. The minimum atomic E-state index is -4.76. The molecule has 2 heterocycles. The van der Waals surface area contributed by atoms with Crippen LogP contribution in [0.5, 0.6) is 11.6 Å². The van der Waals surface area contributed by atoms with E-state index in [0.717, 1.165) is 25.0 Å². The molecule has 1 N–H and O–H groups in total. The molecule has 1 amide bonds. The van der Waals surface area contributed by atoms with Crippen LogP contribution in [0.3, 0.4) is 0 Å². The Bertz CT molecular complexity index is 758. The van der Waals surface area contributed by atoms with Crippen LogP contribution in [-0.2, 0) is 4.74 Å². The van der Waals surface area contributed by atoms with Crippen molar-refractivity contribution >= 4 is 11.6 Å². The zero-order chi connectivity index (χ0) is 19.3. The highest BCUT2D eigenvalue weighted by Gasteiger charge is 2.31. The number of rotatable bonds is 5. The fourth-order valence-corrected chi connectivity index (χ4v) is 2.49. The smallest absolute Gasteiger partial charge is 0.474 e. The van der Waals surface area contributed by atoms with Crippen LogP contribution in [0.4, 0.5) is 18.9 Å². The third kappa shape index (κ3) is 5.85. The summed E-state index contributed by atoms with van der Waals surface area (Å²) < 4.78 is 51.2. The lowest BCUT2D eigenvalue weighted by atomic mass is 10.1. The number of pyridine rings is 1. The van der Waals surface area contributed by atoms with Gasteiger partial charge in [-0.25, -0.2) is 4.98 Å². The SMILES string of the molecule is O=C(Nc1ccc(OC(F)(F)F)cc1)c1ccc(OC2CCOCC2)nc1. The Morgan fingerprint density at radius 2 is 1.81 bits per heavy atom. The summed E-state index contributed by atoms with van der Waals surface area (Å²) in [4.78, 5) is 16.3. The van der Waals surface area contributed by atoms with Gasteiger partial charge in [0.15, 0.2) is 0 Å². The first-order valence-corrected chi connectivity index (χ1v) is 8.27. The summed E-state index contributed by atoms with van der Waals surface area (Å²) in [7, 11) is 0. The molecule has 1 aromatic carbocycles. The van der Waals surface area contributed by atoms with Crippen molar-refractivity contribution in [3.8, 4) is 11.6 Å². The van der Waals surface area contributed by atoms with Gasteiger partial charge in [-0.3, -0.25) is 4.79 Å². The molecule has 2 aromatic rings. The number of benzene rings is 1. The summed E-state index contributed by atoms with van der Waals surface area (Å²) in [6.45, 7) is 1.30. The normalized spacial score (nSPS) is 15.2. The van der Waals surface area contributed by atoms with Crippen LogP contribution in [0.15, 0.2) is 42.6 Å². The van der Waals surface area contributed by atoms with Crippen molar-refractivity contribution in [3.05, 3.63) is 48.2 Å². The second kappa shape index (κ2) is 8.26. The van der Waals surface area contributed by atoms with E-state index in [2.05, 4.69) is 15.0 Å². The monoisotopic (exact) mass is 382 g/mol. The number of aromatic nitrogens is 1. The lowest BCUT2D eigenvalue weighted by molar-refractivity contribution is -0.274. The molecule has 9 heteroatoms. The highest BCUT2D eigenvalue weighted by atomic mass is 19.4. The van der Waals surface area contributed by atoms with Gasteiger partial charge in [0.2, 0.25) is 5.88 Å². The largest absolute Gasteiger partial charge is 0.573 e. The van der Waals surface area contributed by atoms with Crippen molar-refractivity contribution in [1.82, 2.24) is 4.98 Å². The Labute approximate surface area is 153 Å². The van der Waals surface area contributed by atoms with E-state index in [1.807, 2.05) is 0 Å². The van der Waals surface area contributed by atoms with Crippen molar-refractivity contribution < 1.29 is 32.2 Å². The lowest BCUT2D eigenvalue weighted by Crippen LogP contribution is -2.26. The van der Waals surface area contributed by atoms with E-state index in [-0.39, 0.29) is 11.9 Å². The first-order chi connectivity index (χ1) is 12.9. The number of alkyl halides is 3. The van der Waals surface area contributed by atoms with Gasteiger partial charge in [-0.1, -0.05) is 0 Å². The minimum Gasteiger partial charge on any atom is -0.474 e. The molecule has 0 unspecified atom stereocenters. The molecule has 1 fully saturated rings. The summed E-state index contributed by atoms with van der Waals surface area (Å²) in [5.41, 5.74) is 0.627. The Balaban J connectivity index is 1.56. The van der Waals surface area contributed by atoms with Gasteiger partial charge in [0.25, 0.3) is 5.91 Å².